The van der Waals surface area contributed by atoms with Crippen LogP contribution in [-0.2, 0) is 21.2 Å². The lowest BCUT2D eigenvalue weighted by Crippen LogP contribution is -2.57. The van der Waals surface area contributed by atoms with Crippen LogP contribution in [0.5, 0.6) is 0 Å². The molecule has 130 valence electrons. The lowest BCUT2D eigenvalue weighted by atomic mass is 9.95. The van der Waals surface area contributed by atoms with Gasteiger partial charge in [0.05, 0.1) is 0 Å². The SMILES string of the molecule is CN(Cc1cccc(Cl)c1)C(=O)C1(S(C)(=O)=O)CCNCC1.Cl. The number of piperidine rings is 1. The highest BCUT2D eigenvalue weighted by molar-refractivity contribution is 7.92. The molecule has 5 nitrogen and oxygen atoms in total. The van der Waals surface area contributed by atoms with E-state index in [1.54, 1.807) is 19.2 Å². The molecular weight excluding hydrogens is 359 g/mol. The van der Waals surface area contributed by atoms with E-state index < -0.39 is 14.6 Å². The molecular formula is C15H22Cl2N2O3S. The topological polar surface area (TPSA) is 66.5 Å². The molecule has 1 heterocycles. The first-order valence-corrected chi connectivity index (χ1v) is 9.43. The molecule has 1 aromatic carbocycles. The van der Waals surface area contributed by atoms with Crippen LogP contribution in [0.1, 0.15) is 18.4 Å². The van der Waals surface area contributed by atoms with Crippen molar-refractivity contribution in [3.05, 3.63) is 34.9 Å². The summed E-state index contributed by atoms with van der Waals surface area (Å²) in [4.78, 5) is 14.3. The predicted octanol–water partition coefficient (Wildman–Crippen LogP) is 1.89. The summed E-state index contributed by atoms with van der Waals surface area (Å²) in [6, 6.07) is 7.22. The summed E-state index contributed by atoms with van der Waals surface area (Å²) in [6.07, 6.45) is 1.78. The van der Waals surface area contributed by atoms with Gasteiger partial charge in [0, 0.05) is 24.9 Å². The molecule has 0 aliphatic carbocycles. The van der Waals surface area contributed by atoms with Crippen molar-refractivity contribution >= 4 is 39.8 Å². The smallest absolute Gasteiger partial charge is 0.244 e. The van der Waals surface area contributed by atoms with Crippen molar-refractivity contribution in [2.45, 2.75) is 24.1 Å². The van der Waals surface area contributed by atoms with Gasteiger partial charge in [-0.3, -0.25) is 4.79 Å². The van der Waals surface area contributed by atoms with Crippen LogP contribution < -0.4 is 5.32 Å². The first-order chi connectivity index (χ1) is 10.3. The van der Waals surface area contributed by atoms with Crippen molar-refractivity contribution in [1.82, 2.24) is 10.2 Å². The van der Waals surface area contributed by atoms with E-state index in [9.17, 15) is 13.2 Å². The molecule has 1 aromatic rings. The number of nitrogens with one attached hydrogen (secondary N) is 1. The fourth-order valence-corrected chi connectivity index (χ4v) is 4.53. The largest absolute Gasteiger partial charge is 0.340 e. The molecule has 0 bridgehead atoms. The van der Waals surface area contributed by atoms with E-state index in [4.69, 9.17) is 11.6 Å². The minimum absolute atomic E-state index is 0. The number of benzene rings is 1. The van der Waals surface area contributed by atoms with Crippen LogP contribution in [-0.4, -0.2) is 50.4 Å². The van der Waals surface area contributed by atoms with Gasteiger partial charge in [-0.15, -0.1) is 12.4 Å². The number of hydrogen-bond acceptors (Lipinski definition) is 4. The van der Waals surface area contributed by atoms with Gasteiger partial charge in [0.1, 0.15) is 0 Å². The molecule has 0 unspecified atom stereocenters. The highest BCUT2D eigenvalue weighted by Gasteiger charge is 2.49. The third kappa shape index (κ3) is 4.38. The zero-order valence-corrected chi connectivity index (χ0v) is 15.6. The van der Waals surface area contributed by atoms with Gasteiger partial charge in [-0.1, -0.05) is 23.7 Å². The van der Waals surface area contributed by atoms with E-state index in [0.717, 1.165) is 11.8 Å². The summed E-state index contributed by atoms with van der Waals surface area (Å²) < 4.78 is 23.2. The second-order valence-electron chi connectivity index (χ2n) is 5.81. The van der Waals surface area contributed by atoms with Crippen LogP contribution >= 0.6 is 24.0 Å². The van der Waals surface area contributed by atoms with Crippen LogP contribution in [0.15, 0.2) is 24.3 Å². The molecule has 1 aliphatic heterocycles. The van der Waals surface area contributed by atoms with Gasteiger partial charge in [-0.05, 0) is 43.6 Å². The summed E-state index contributed by atoms with van der Waals surface area (Å²) in [7, 11) is -1.85. The van der Waals surface area contributed by atoms with E-state index in [0.29, 0.717) is 37.5 Å². The van der Waals surface area contributed by atoms with Crippen LogP contribution in [0.3, 0.4) is 0 Å². The third-order valence-electron chi connectivity index (χ3n) is 4.17. The van der Waals surface area contributed by atoms with Crippen LogP contribution in [0.2, 0.25) is 5.02 Å². The monoisotopic (exact) mass is 380 g/mol. The quantitative estimate of drug-likeness (QED) is 0.865. The molecule has 0 spiro atoms. The number of carbonyl (C=O) groups excluding carboxylic acids is 1. The Labute approximate surface area is 148 Å². The first-order valence-electron chi connectivity index (χ1n) is 7.16. The van der Waals surface area contributed by atoms with Gasteiger partial charge in [-0.2, -0.15) is 0 Å². The molecule has 1 fully saturated rings. The van der Waals surface area contributed by atoms with Crippen LogP contribution in [0, 0.1) is 0 Å². The van der Waals surface area contributed by atoms with E-state index in [1.807, 2.05) is 12.1 Å². The molecule has 2 rings (SSSR count). The Morgan fingerprint density at radius 1 is 1.35 bits per heavy atom. The van der Waals surface area contributed by atoms with Crippen molar-refractivity contribution < 1.29 is 13.2 Å². The molecule has 1 N–H and O–H groups in total. The third-order valence-corrected chi connectivity index (χ3v) is 6.40. The maximum atomic E-state index is 12.8. The van der Waals surface area contributed by atoms with Crippen molar-refractivity contribution in [2.24, 2.45) is 0 Å². The van der Waals surface area contributed by atoms with Crippen LogP contribution in [0.4, 0.5) is 0 Å². The Kier molecular flexibility index (Phi) is 6.89. The molecule has 8 heteroatoms. The maximum absolute atomic E-state index is 12.8. The number of hydrogen-bond donors (Lipinski definition) is 1. The predicted molar refractivity (Wildman–Crippen MR) is 94.9 cm³/mol. The van der Waals surface area contributed by atoms with Crippen molar-refractivity contribution in [1.29, 1.82) is 0 Å². The number of amides is 1. The Morgan fingerprint density at radius 3 is 2.48 bits per heavy atom. The fourth-order valence-electron chi connectivity index (χ4n) is 2.90. The fraction of sp³-hybridized carbons (Fsp3) is 0.533. The average Bonchev–Trinajstić information content (AvgIpc) is 2.46. The number of nitrogens with zero attached hydrogens (tertiary/aromatic N) is 1. The normalized spacial score (nSPS) is 17.2. The summed E-state index contributed by atoms with van der Waals surface area (Å²) in [5, 5.41) is 3.71. The first kappa shape index (κ1) is 20.2. The summed E-state index contributed by atoms with van der Waals surface area (Å²) in [5.74, 6) is -0.337. The Balaban J connectivity index is 0.00000264. The highest BCUT2D eigenvalue weighted by Crippen LogP contribution is 2.30. The summed E-state index contributed by atoms with van der Waals surface area (Å²) in [6.45, 7) is 1.40. The lowest BCUT2D eigenvalue weighted by Gasteiger charge is -2.37. The minimum Gasteiger partial charge on any atom is -0.340 e. The van der Waals surface area contributed by atoms with Gasteiger partial charge in [0.2, 0.25) is 5.91 Å². The van der Waals surface area contributed by atoms with Crippen molar-refractivity contribution in [3.8, 4) is 0 Å². The molecule has 0 radical (unpaired) electrons. The molecule has 1 aliphatic rings. The van der Waals surface area contributed by atoms with E-state index in [1.165, 1.54) is 4.90 Å². The van der Waals surface area contributed by atoms with Gasteiger partial charge in [-0.25, -0.2) is 8.42 Å². The van der Waals surface area contributed by atoms with Gasteiger partial charge < -0.3 is 10.2 Å². The average molecular weight is 381 g/mol. The highest BCUT2D eigenvalue weighted by atomic mass is 35.5. The number of halogens is 2. The van der Waals surface area contributed by atoms with Gasteiger partial charge in [0.15, 0.2) is 14.6 Å². The van der Waals surface area contributed by atoms with E-state index >= 15 is 0 Å². The number of rotatable bonds is 4. The molecule has 0 saturated carbocycles. The van der Waals surface area contributed by atoms with Crippen molar-refractivity contribution in [3.63, 3.8) is 0 Å². The Morgan fingerprint density at radius 2 is 1.96 bits per heavy atom. The zero-order valence-electron chi connectivity index (χ0n) is 13.2. The Bertz CT molecular complexity index is 658. The standard InChI is InChI=1S/C15H21ClN2O3S.ClH/c1-18(11-12-4-3-5-13(16)10-12)14(19)15(22(2,20)21)6-8-17-9-7-15;/h3-5,10,17H,6-9,11H2,1-2H3;1H. The number of sulfone groups is 1. The van der Waals surface area contributed by atoms with E-state index in [2.05, 4.69) is 5.32 Å². The molecule has 23 heavy (non-hydrogen) atoms. The van der Waals surface area contributed by atoms with Gasteiger partial charge >= 0.3 is 0 Å². The van der Waals surface area contributed by atoms with E-state index in [-0.39, 0.29) is 18.3 Å². The Hall–Kier alpha value is -0.820. The molecule has 1 saturated heterocycles. The molecule has 0 atom stereocenters. The second-order valence-corrected chi connectivity index (χ2v) is 8.57. The number of carbonyl (C=O) groups is 1. The summed E-state index contributed by atoms with van der Waals surface area (Å²) in [5.41, 5.74) is 0.876. The second kappa shape index (κ2) is 7.83. The van der Waals surface area contributed by atoms with Crippen LogP contribution in [0.25, 0.3) is 0 Å². The molecule has 0 aromatic heterocycles. The minimum atomic E-state index is -3.49. The van der Waals surface area contributed by atoms with Crippen molar-refractivity contribution in [2.75, 3.05) is 26.4 Å². The van der Waals surface area contributed by atoms with Gasteiger partial charge in [0.25, 0.3) is 0 Å². The maximum Gasteiger partial charge on any atom is 0.244 e. The summed E-state index contributed by atoms with van der Waals surface area (Å²) >= 11 is 5.95. The lowest BCUT2D eigenvalue weighted by molar-refractivity contribution is -0.134. The zero-order chi connectivity index (χ0) is 16.4. The molecule has 1 amide bonds.